The summed E-state index contributed by atoms with van der Waals surface area (Å²) in [6.45, 7) is 1.92. The van der Waals surface area contributed by atoms with Gasteiger partial charge < -0.3 is 0 Å². The molecule has 1 amide bonds. The van der Waals surface area contributed by atoms with E-state index in [1.165, 1.54) is 0 Å². The first-order valence-electron chi connectivity index (χ1n) is 5.86. The molecule has 104 valence electrons. The number of hydrogen-bond acceptors (Lipinski definition) is 3. The number of alkyl halides is 3. The van der Waals surface area contributed by atoms with Crippen LogP contribution in [0.1, 0.15) is 37.9 Å². The molecular formula is C11H12F3N3O2. The highest BCUT2D eigenvalue weighted by Crippen LogP contribution is 2.30. The Kier molecular flexibility index (Phi) is 3.34. The molecule has 1 unspecified atom stereocenters. The first-order chi connectivity index (χ1) is 8.84. The van der Waals surface area contributed by atoms with E-state index in [1.54, 1.807) is 0 Å². The smallest absolute Gasteiger partial charge is 0.294 e. The summed E-state index contributed by atoms with van der Waals surface area (Å²) in [5.74, 6) is -0.816. The van der Waals surface area contributed by atoms with Crippen LogP contribution in [0.4, 0.5) is 19.1 Å². The summed E-state index contributed by atoms with van der Waals surface area (Å²) in [7, 11) is 0. The van der Waals surface area contributed by atoms with E-state index in [-0.39, 0.29) is 5.95 Å². The number of anilines is 1. The van der Waals surface area contributed by atoms with Gasteiger partial charge in [0, 0.05) is 6.07 Å². The minimum atomic E-state index is -4.71. The van der Waals surface area contributed by atoms with Crippen LogP contribution in [-0.4, -0.2) is 15.5 Å². The standard InChI is InChI=1S/C11H12F3N3O2/c1-2-3-4-6-9(19)16-10-15-7(11(12,13)14)5-8(18)17(6)10/h5-6H,2-4H2,1H3,(H,15,16,19). The van der Waals surface area contributed by atoms with Gasteiger partial charge in [-0.15, -0.1) is 0 Å². The summed E-state index contributed by atoms with van der Waals surface area (Å²) >= 11 is 0. The van der Waals surface area contributed by atoms with E-state index in [0.717, 1.165) is 11.0 Å². The number of hydrogen-bond donors (Lipinski definition) is 1. The number of carbonyl (C=O) groups excluding carboxylic acids is 1. The molecule has 0 spiro atoms. The van der Waals surface area contributed by atoms with Gasteiger partial charge in [-0.05, 0) is 6.42 Å². The van der Waals surface area contributed by atoms with Gasteiger partial charge in [0.15, 0.2) is 5.69 Å². The SMILES string of the molecule is CCCCC1C(=O)Nc2nc(C(F)(F)F)cc(=O)n21. The lowest BCUT2D eigenvalue weighted by Crippen LogP contribution is -2.26. The molecule has 2 heterocycles. The fourth-order valence-electron chi connectivity index (χ4n) is 1.99. The van der Waals surface area contributed by atoms with Crippen molar-refractivity contribution in [1.29, 1.82) is 0 Å². The van der Waals surface area contributed by atoms with Crippen molar-refractivity contribution in [1.82, 2.24) is 9.55 Å². The summed E-state index contributed by atoms with van der Waals surface area (Å²) < 4.78 is 38.5. The van der Waals surface area contributed by atoms with Gasteiger partial charge in [0.05, 0.1) is 0 Å². The van der Waals surface area contributed by atoms with Gasteiger partial charge in [0.2, 0.25) is 11.9 Å². The third kappa shape index (κ3) is 2.47. The van der Waals surface area contributed by atoms with E-state index in [4.69, 9.17) is 0 Å². The Morgan fingerprint density at radius 2 is 2.11 bits per heavy atom. The summed E-state index contributed by atoms with van der Waals surface area (Å²) in [6.07, 6.45) is -2.78. The molecule has 2 rings (SSSR count). The zero-order valence-corrected chi connectivity index (χ0v) is 10.1. The van der Waals surface area contributed by atoms with Crippen molar-refractivity contribution in [2.75, 3.05) is 5.32 Å². The third-order valence-corrected chi connectivity index (χ3v) is 2.92. The maximum Gasteiger partial charge on any atom is 0.433 e. The number of amides is 1. The predicted molar refractivity (Wildman–Crippen MR) is 60.7 cm³/mol. The van der Waals surface area contributed by atoms with E-state index in [1.807, 2.05) is 6.92 Å². The molecule has 0 bridgehead atoms. The second kappa shape index (κ2) is 4.67. The lowest BCUT2D eigenvalue weighted by molar-refractivity contribution is -0.141. The number of rotatable bonds is 3. The second-order valence-corrected chi connectivity index (χ2v) is 4.32. The minimum absolute atomic E-state index is 0.328. The second-order valence-electron chi connectivity index (χ2n) is 4.32. The van der Waals surface area contributed by atoms with Crippen LogP contribution >= 0.6 is 0 Å². The van der Waals surface area contributed by atoms with Crippen molar-refractivity contribution in [3.8, 4) is 0 Å². The molecular weight excluding hydrogens is 263 g/mol. The van der Waals surface area contributed by atoms with Crippen molar-refractivity contribution in [3.63, 3.8) is 0 Å². The summed E-state index contributed by atoms with van der Waals surface area (Å²) in [4.78, 5) is 26.7. The number of halogens is 3. The zero-order valence-electron chi connectivity index (χ0n) is 10.1. The van der Waals surface area contributed by atoms with Crippen LogP contribution in [0.2, 0.25) is 0 Å². The van der Waals surface area contributed by atoms with Crippen LogP contribution in [0.15, 0.2) is 10.9 Å². The van der Waals surface area contributed by atoms with Gasteiger partial charge in [-0.3, -0.25) is 19.5 Å². The molecule has 1 aliphatic rings. The topological polar surface area (TPSA) is 64.0 Å². The Bertz CT molecular complexity index is 565. The van der Waals surface area contributed by atoms with Gasteiger partial charge in [0.1, 0.15) is 6.04 Å². The average Bonchev–Trinajstić information content (AvgIpc) is 2.61. The molecule has 0 fully saturated rings. The van der Waals surface area contributed by atoms with Gasteiger partial charge >= 0.3 is 6.18 Å². The quantitative estimate of drug-likeness (QED) is 0.917. The van der Waals surface area contributed by atoms with E-state index >= 15 is 0 Å². The lowest BCUT2D eigenvalue weighted by Gasteiger charge is -2.11. The van der Waals surface area contributed by atoms with E-state index in [0.29, 0.717) is 18.9 Å². The maximum atomic E-state index is 12.5. The molecule has 0 saturated carbocycles. The molecule has 0 aliphatic carbocycles. The van der Waals surface area contributed by atoms with Gasteiger partial charge in [-0.1, -0.05) is 19.8 Å². The molecule has 1 N–H and O–H groups in total. The number of carbonyl (C=O) groups is 1. The lowest BCUT2D eigenvalue weighted by atomic mass is 10.1. The highest BCUT2D eigenvalue weighted by Gasteiger charge is 2.38. The Labute approximate surface area is 106 Å². The van der Waals surface area contributed by atoms with Crippen molar-refractivity contribution < 1.29 is 18.0 Å². The number of aromatic nitrogens is 2. The number of fused-ring (bicyclic) bond motifs is 1. The van der Waals surface area contributed by atoms with Crippen LogP contribution in [-0.2, 0) is 11.0 Å². The van der Waals surface area contributed by atoms with E-state index < -0.39 is 29.4 Å². The molecule has 0 radical (unpaired) electrons. The fourth-order valence-corrected chi connectivity index (χ4v) is 1.99. The Balaban J connectivity index is 2.44. The number of unbranched alkanes of at least 4 members (excludes halogenated alkanes) is 1. The molecule has 5 nitrogen and oxygen atoms in total. The Morgan fingerprint density at radius 1 is 1.42 bits per heavy atom. The highest BCUT2D eigenvalue weighted by molar-refractivity contribution is 5.95. The molecule has 19 heavy (non-hydrogen) atoms. The predicted octanol–water partition coefficient (Wildman–Crippen LogP) is 1.95. The Hall–Kier alpha value is -1.86. The van der Waals surface area contributed by atoms with Gasteiger partial charge in [-0.2, -0.15) is 13.2 Å². The van der Waals surface area contributed by atoms with Crippen molar-refractivity contribution in [3.05, 3.63) is 22.1 Å². The van der Waals surface area contributed by atoms with Crippen LogP contribution < -0.4 is 10.9 Å². The van der Waals surface area contributed by atoms with Crippen LogP contribution in [0.25, 0.3) is 0 Å². The molecule has 1 aromatic heterocycles. The summed E-state index contributed by atoms with van der Waals surface area (Å²) in [5.41, 5.74) is -2.16. The summed E-state index contributed by atoms with van der Waals surface area (Å²) in [6, 6.07) is -0.347. The normalized spacial score (nSPS) is 18.3. The molecule has 1 atom stereocenters. The van der Waals surface area contributed by atoms with Crippen LogP contribution in [0.5, 0.6) is 0 Å². The number of nitrogens with zero attached hydrogens (tertiary/aromatic N) is 2. The molecule has 0 saturated heterocycles. The molecule has 0 aromatic carbocycles. The van der Waals surface area contributed by atoms with Crippen LogP contribution in [0.3, 0.4) is 0 Å². The minimum Gasteiger partial charge on any atom is -0.294 e. The fraction of sp³-hybridized carbons (Fsp3) is 0.545. The van der Waals surface area contributed by atoms with Crippen molar-refractivity contribution >= 4 is 11.9 Å². The first-order valence-corrected chi connectivity index (χ1v) is 5.86. The van der Waals surface area contributed by atoms with Crippen molar-refractivity contribution in [2.45, 2.75) is 38.4 Å². The number of nitrogens with one attached hydrogen (secondary N) is 1. The Morgan fingerprint density at radius 3 is 2.68 bits per heavy atom. The van der Waals surface area contributed by atoms with Gasteiger partial charge in [-0.25, -0.2) is 4.98 Å². The maximum absolute atomic E-state index is 12.5. The molecule has 8 heteroatoms. The largest absolute Gasteiger partial charge is 0.433 e. The van der Waals surface area contributed by atoms with E-state index in [9.17, 15) is 22.8 Å². The monoisotopic (exact) mass is 275 g/mol. The van der Waals surface area contributed by atoms with Gasteiger partial charge in [0.25, 0.3) is 5.56 Å². The highest BCUT2D eigenvalue weighted by atomic mass is 19.4. The average molecular weight is 275 g/mol. The molecule has 1 aliphatic heterocycles. The first kappa shape index (κ1) is 13.6. The van der Waals surface area contributed by atoms with Crippen LogP contribution in [0, 0.1) is 0 Å². The van der Waals surface area contributed by atoms with Crippen molar-refractivity contribution in [2.24, 2.45) is 0 Å². The molecule has 1 aromatic rings. The summed E-state index contributed by atoms with van der Waals surface area (Å²) in [5, 5.41) is 2.22. The third-order valence-electron chi connectivity index (χ3n) is 2.92. The zero-order chi connectivity index (χ0) is 14.2. The van der Waals surface area contributed by atoms with E-state index in [2.05, 4.69) is 10.3 Å².